The molecule has 0 saturated carbocycles. The first-order valence-electron chi connectivity index (χ1n) is 5.27. The maximum absolute atomic E-state index is 11.6. The summed E-state index contributed by atoms with van der Waals surface area (Å²) in [6, 6.07) is -0.572. The molecule has 5 nitrogen and oxygen atoms in total. The third kappa shape index (κ3) is 3.20. The van der Waals surface area contributed by atoms with Crippen molar-refractivity contribution in [3.63, 3.8) is 0 Å². The molecule has 1 aliphatic rings. The van der Waals surface area contributed by atoms with Gasteiger partial charge in [0, 0.05) is 14.1 Å². The van der Waals surface area contributed by atoms with E-state index in [1.54, 1.807) is 21.0 Å². The Labute approximate surface area is 90.2 Å². The van der Waals surface area contributed by atoms with Crippen molar-refractivity contribution < 1.29 is 9.59 Å². The fraction of sp³-hybridized carbons (Fsp3) is 0.800. The van der Waals surface area contributed by atoms with Crippen LogP contribution in [0.5, 0.6) is 0 Å². The molecule has 0 spiro atoms. The fourth-order valence-electron chi connectivity index (χ4n) is 1.67. The van der Waals surface area contributed by atoms with E-state index in [9.17, 15) is 9.59 Å². The molecule has 1 unspecified atom stereocenters. The highest BCUT2D eigenvalue weighted by molar-refractivity contribution is 5.89. The summed E-state index contributed by atoms with van der Waals surface area (Å²) in [6.07, 6.45) is 1.88. The lowest BCUT2D eigenvalue weighted by Crippen LogP contribution is -2.49. The van der Waals surface area contributed by atoms with Crippen LogP contribution < -0.4 is 10.6 Å². The number of amides is 2. The third-order valence-electron chi connectivity index (χ3n) is 2.55. The standard InChI is InChI=1S/C10H19N3O2/c1-7(10(15)13(2)3)12-9(14)8-5-4-6-11-8/h7-8,11H,4-6H2,1-3H3,(H,12,14)/t7?,8-/m1/s1. The molecule has 0 aromatic carbocycles. The Bertz CT molecular complexity index is 247. The van der Waals surface area contributed by atoms with Gasteiger partial charge in [-0.2, -0.15) is 0 Å². The second kappa shape index (κ2) is 5.11. The quantitative estimate of drug-likeness (QED) is 0.653. The third-order valence-corrected chi connectivity index (χ3v) is 2.55. The van der Waals surface area contributed by atoms with Gasteiger partial charge in [-0.25, -0.2) is 0 Å². The van der Waals surface area contributed by atoms with Gasteiger partial charge in [0.1, 0.15) is 6.04 Å². The summed E-state index contributed by atoms with van der Waals surface area (Å²) >= 11 is 0. The number of nitrogens with zero attached hydrogens (tertiary/aromatic N) is 1. The van der Waals surface area contributed by atoms with Gasteiger partial charge in [0.25, 0.3) is 0 Å². The molecule has 1 fully saturated rings. The largest absolute Gasteiger partial charge is 0.347 e. The molecule has 1 aliphatic heterocycles. The summed E-state index contributed by atoms with van der Waals surface area (Å²) in [6.45, 7) is 2.59. The minimum atomic E-state index is -0.449. The van der Waals surface area contributed by atoms with E-state index in [-0.39, 0.29) is 17.9 Å². The molecule has 0 radical (unpaired) electrons. The molecule has 0 bridgehead atoms. The average Bonchev–Trinajstić information content (AvgIpc) is 2.68. The second-order valence-electron chi connectivity index (χ2n) is 4.11. The van der Waals surface area contributed by atoms with Gasteiger partial charge in [-0.1, -0.05) is 0 Å². The lowest BCUT2D eigenvalue weighted by Gasteiger charge is -2.19. The molecular formula is C10H19N3O2. The van der Waals surface area contributed by atoms with E-state index in [2.05, 4.69) is 10.6 Å². The van der Waals surface area contributed by atoms with E-state index in [0.717, 1.165) is 19.4 Å². The van der Waals surface area contributed by atoms with Gasteiger partial charge in [0.05, 0.1) is 6.04 Å². The monoisotopic (exact) mass is 213 g/mol. The average molecular weight is 213 g/mol. The first-order chi connectivity index (χ1) is 7.02. The van der Waals surface area contributed by atoms with E-state index < -0.39 is 6.04 Å². The number of likely N-dealkylation sites (N-methyl/N-ethyl adjacent to an activating group) is 1. The van der Waals surface area contributed by atoms with E-state index >= 15 is 0 Å². The predicted octanol–water partition coefficient (Wildman–Crippen LogP) is -0.669. The van der Waals surface area contributed by atoms with Crippen molar-refractivity contribution >= 4 is 11.8 Å². The zero-order chi connectivity index (χ0) is 11.4. The Balaban J connectivity index is 2.40. The number of carbonyl (C=O) groups is 2. The smallest absolute Gasteiger partial charge is 0.244 e. The van der Waals surface area contributed by atoms with Crippen LogP contribution in [-0.2, 0) is 9.59 Å². The first-order valence-corrected chi connectivity index (χ1v) is 5.27. The van der Waals surface area contributed by atoms with Gasteiger partial charge in [0.15, 0.2) is 0 Å². The van der Waals surface area contributed by atoms with Crippen LogP contribution in [0.15, 0.2) is 0 Å². The van der Waals surface area contributed by atoms with Crippen LogP contribution in [-0.4, -0.2) is 49.4 Å². The van der Waals surface area contributed by atoms with Crippen LogP contribution in [0.1, 0.15) is 19.8 Å². The lowest BCUT2D eigenvalue weighted by atomic mass is 10.2. The predicted molar refractivity (Wildman–Crippen MR) is 57.3 cm³/mol. The van der Waals surface area contributed by atoms with Gasteiger partial charge in [0.2, 0.25) is 11.8 Å². The molecule has 0 aromatic rings. The summed E-state index contributed by atoms with van der Waals surface area (Å²) in [5.74, 6) is -0.156. The maximum Gasteiger partial charge on any atom is 0.244 e. The molecule has 2 N–H and O–H groups in total. The van der Waals surface area contributed by atoms with Crippen LogP contribution in [0.3, 0.4) is 0 Å². The van der Waals surface area contributed by atoms with Crippen LogP contribution >= 0.6 is 0 Å². The molecule has 86 valence electrons. The Morgan fingerprint density at radius 1 is 1.47 bits per heavy atom. The molecule has 0 aliphatic carbocycles. The zero-order valence-electron chi connectivity index (χ0n) is 9.54. The normalized spacial score (nSPS) is 22.2. The Morgan fingerprint density at radius 2 is 2.13 bits per heavy atom. The molecule has 5 heteroatoms. The molecule has 1 heterocycles. The number of nitrogens with one attached hydrogen (secondary N) is 2. The molecular weight excluding hydrogens is 194 g/mol. The highest BCUT2D eigenvalue weighted by Crippen LogP contribution is 2.05. The molecule has 1 rings (SSSR count). The molecule has 0 aromatic heterocycles. The number of rotatable bonds is 3. The lowest BCUT2D eigenvalue weighted by molar-refractivity contribution is -0.134. The number of hydrogen-bond acceptors (Lipinski definition) is 3. The second-order valence-corrected chi connectivity index (χ2v) is 4.11. The molecule has 1 saturated heterocycles. The van der Waals surface area contributed by atoms with Crippen molar-refractivity contribution in [3.8, 4) is 0 Å². The van der Waals surface area contributed by atoms with E-state index in [1.807, 2.05) is 0 Å². The number of carbonyl (C=O) groups excluding carboxylic acids is 2. The van der Waals surface area contributed by atoms with Gasteiger partial charge >= 0.3 is 0 Å². The minimum Gasteiger partial charge on any atom is -0.347 e. The molecule has 15 heavy (non-hydrogen) atoms. The number of hydrogen-bond donors (Lipinski definition) is 2. The van der Waals surface area contributed by atoms with Gasteiger partial charge in [-0.3, -0.25) is 9.59 Å². The van der Waals surface area contributed by atoms with E-state index in [0.29, 0.717) is 0 Å². The van der Waals surface area contributed by atoms with Crippen molar-refractivity contribution in [2.45, 2.75) is 31.8 Å². The van der Waals surface area contributed by atoms with Crippen molar-refractivity contribution in [1.29, 1.82) is 0 Å². The molecule has 2 amide bonds. The fourth-order valence-corrected chi connectivity index (χ4v) is 1.67. The Morgan fingerprint density at radius 3 is 2.60 bits per heavy atom. The van der Waals surface area contributed by atoms with E-state index in [1.165, 1.54) is 4.90 Å². The summed E-state index contributed by atoms with van der Waals surface area (Å²) in [5, 5.41) is 5.80. The zero-order valence-corrected chi connectivity index (χ0v) is 9.54. The summed E-state index contributed by atoms with van der Waals surface area (Å²) in [5.41, 5.74) is 0. The van der Waals surface area contributed by atoms with Crippen molar-refractivity contribution in [2.24, 2.45) is 0 Å². The topological polar surface area (TPSA) is 61.4 Å². The van der Waals surface area contributed by atoms with Crippen LogP contribution in [0.25, 0.3) is 0 Å². The van der Waals surface area contributed by atoms with Crippen molar-refractivity contribution in [2.75, 3.05) is 20.6 Å². The highest BCUT2D eigenvalue weighted by Gasteiger charge is 2.25. The van der Waals surface area contributed by atoms with Crippen molar-refractivity contribution in [3.05, 3.63) is 0 Å². The van der Waals surface area contributed by atoms with E-state index in [4.69, 9.17) is 0 Å². The minimum absolute atomic E-state index is 0.0739. The maximum atomic E-state index is 11.6. The van der Waals surface area contributed by atoms with Crippen LogP contribution in [0.2, 0.25) is 0 Å². The molecule has 2 atom stereocenters. The summed E-state index contributed by atoms with van der Waals surface area (Å²) < 4.78 is 0. The van der Waals surface area contributed by atoms with Gasteiger partial charge in [-0.05, 0) is 26.3 Å². The highest BCUT2D eigenvalue weighted by atomic mass is 16.2. The van der Waals surface area contributed by atoms with Gasteiger partial charge in [-0.15, -0.1) is 0 Å². The SMILES string of the molecule is CC(NC(=O)[C@H]1CCCN1)C(=O)N(C)C. The van der Waals surface area contributed by atoms with Crippen molar-refractivity contribution in [1.82, 2.24) is 15.5 Å². The van der Waals surface area contributed by atoms with Gasteiger partial charge < -0.3 is 15.5 Å². The Kier molecular flexibility index (Phi) is 4.08. The first kappa shape index (κ1) is 12.0. The van der Waals surface area contributed by atoms with Crippen LogP contribution in [0, 0.1) is 0 Å². The van der Waals surface area contributed by atoms with Crippen LogP contribution in [0.4, 0.5) is 0 Å². The Hall–Kier alpha value is -1.10. The summed E-state index contributed by atoms with van der Waals surface area (Å²) in [4.78, 5) is 24.6. The summed E-state index contributed by atoms with van der Waals surface area (Å²) in [7, 11) is 3.36.